The van der Waals surface area contributed by atoms with E-state index in [4.69, 9.17) is 4.42 Å². The van der Waals surface area contributed by atoms with E-state index >= 15 is 0 Å². The summed E-state index contributed by atoms with van der Waals surface area (Å²) in [5.74, 6) is 1.84. The average Bonchev–Trinajstić information content (AvgIpc) is 3.27. The van der Waals surface area contributed by atoms with Gasteiger partial charge in [-0.2, -0.15) is 0 Å². The van der Waals surface area contributed by atoms with E-state index in [1.54, 1.807) is 0 Å². The highest BCUT2D eigenvalue weighted by Gasteiger charge is 2.35. The van der Waals surface area contributed by atoms with Gasteiger partial charge < -0.3 is 9.32 Å². The molecule has 1 aromatic heterocycles. The number of amides is 1. The standard InChI is InChI=1S/C19H23N3O2/c1-2-21-11-6-9-16(21)19(23)22-12-10-17-15(13-22)20-18(24-17)14-7-4-3-5-8-14/h3-5,7-8,16H,2,6,9-13H2,1H3/t16-/m0/s1. The monoisotopic (exact) mass is 325 g/mol. The molecule has 0 bridgehead atoms. The molecule has 2 aliphatic rings. The molecule has 24 heavy (non-hydrogen) atoms. The minimum atomic E-state index is 0.0528. The number of rotatable bonds is 3. The van der Waals surface area contributed by atoms with E-state index in [1.165, 1.54) is 0 Å². The normalized spacial score (nSPS) is 21.0. The zero-order chi connectivity index (χ0) is 16.5. The van der Waals surface area contributed by atoms with Crippen LogP contribution in [0.25, 0.3) is 11.5 Å². The minimum absolute atomic E-state index is 0.0528. The molecule has 0 spiro atoms. The lowest BCUT2D eigenvalue weighted by atomic mass is 10.1. The van der Waals surface area contributed by atoms with Gasteiger partial charge in [-0.05, 0) is 38.1 Å². The number of hydrogen-bond acceptors (Lipinski definition) is 4. The van der Waals surface area contributed by atoms with Crippen LogP contribution >= 0.6 is 0 Å². The lowest BCUT2D eigenvalue weighted by molar-refractivity contribution is -0.137. The highest BCUT2D eigenvalue weighted by molar-refractivity contribution is 5.82. The second-order valence-electron chi connectivity index (χ2n) is 6.55. The highest BCUT2D eigenvalue weighted by atomic mass is 16.4. The minimum Gasteiger partial charge on any atom is -0.441 e. The van der Waals surface area contributed by atoms with Crippen molar-refractivity contribution in [2.75, 3.05) is 19.6 Å². The summed E-state index contributed by atoms with van der Waals surface area (Å²) >= 11 is 0. The number of fused-ring (bicyclic) bond motifs is 1. The predicted octanol–water partition coefficient (Wildman–Crippen LogP) is 2.71. The molecular formula is C19H23N3O2. The van der Waals surface area contributed by atoms with Crippen molar-refractivity contribution in [1.29, 1.82) is 0 Å². The second kappa shape index (κ2) is 6.40. The van der Waals surface area contributed by atoms with Crippen LogP contribution in [0.2, 0.25) is 0 Å². The first-order valence-electron chi connectivity index (χ1n) is 8.83. The quantitative estimate of drug-likeness (QED) is 0.871. The smallest absolute Gasteiger partial charge is 0.240 e. The lowest BCUT2D eigenvalue weighted by Crippen LogP contribution is -2.47. The number of oxazole rings is 1. The lowest BCUT2D eigenvalue weighted by Gasteiger charge is -2.31. The van der Waals surface area contributed by atoms with E-state index in [0.717, 1.165) is 55.9 Å². The maximum Gasteiger partial charge on any atom is 0.240 e. The van der Waals surface area contributed by atoms with Gasteiger partial charge in [0.25, 0.3) is 0 Å². The molecule has 126 valence electrons. The van der Waals surface area contributed by atoms with Crippen molar-refractivity contribution in [3.8, 4) is 11.5 Å². The Labute approximate surface area is 142 Å². The molecule has 5 heteroatoms. The predicted molar refractivity (Wildman–Crippen MR) is 91.3 cm³/mol. The number of benzene rings is 1. The fraction of sp³-hybridized carbons (Fsp3) is 0.474. The van der Waals surface area contributed by atoms with Gasteiger partial charge in [0, 0.05) is 18.5 Å². The molecule has 5 nitrogen and oxygen atoms in total. The van der Waals surface area contributed by atoms with Crippen molar-refractivity contribution in [2.24, 2.45) is 0 Å². The molecule has 0 saturated carbocycles. The number of likely N-dealkylation sites (tertiary alicyclic amines) is 1. The summed E-state index contributed by atoms with van der Waals surface area (Å²) in [6, 6.07) is 9.99. The fourth-order valence-electron chi connectivity index (χ4n) is 3.79. The maximum absolute atomic E-state index is 12.9. The molecule has 4 rings (SSSR count). The van der Waals surface area contributed by atoms with Crippen LogP contribution in [-0.4, -0.2) is 46.4 Å². The first-order valence-corrected chi connectivity index (χ1v) is 8.83. The molecule has 1 amide bonds. The summed E-state index contributed by atoms with van der Waals surface area (Å²) < 4.78 is 5.93. The van der Waals surface area contributed by atoms with Gasteiger partial charge in [-0.15, -0.1) is 0 Å². The number of aromatic nitrogens is 1. The molecule has 2 aromatic rings. The zero-order valence-electron chi connectivity index (χ0n) is 14.1. The number of hydrogen-bond donors (Lipinski definition) is 0. The van der Waals surface area contributed by atoms with E-state index in [1.807, 2.05) is 35.2 Å². The Morgan fingerprint density at radius 2 is 2.12 bits per heavy atom. The van der Waals surface area contributed by atoms with E-state index in [0.29, 0.717) is 12.4 Å². The molecule has 1 atom stereocenters. The van der Waals surface area contributed by atoms with E-state index < -0.39 is 0 Å². The number of carbonyl (C=O) groups excluding carboxylic acids is 1. The first-order chi connectivity index (χ1) is 11.8. The molecular weight excluding hydrogens is 302 g/mol. The van der Waals surface area contributed by atoms with Crippen molar-refractivity contribution in [1.82, 2.24) is 14.8 Å². The summed E-state index contributed by atoms with van der Waals surface area (Å²) in [7, 11) is 0. The summed E-state index contributed by atoms with van der Waals surface area (Å²) in [6.45, 7) is 5.40. The molecule has 1 saturated heterocycles. The topological polar surface area (TPSA) is 49.6 Å². The summed E-state index contributed by atoms with van der Waals surface area (Å²) in [4.78, 5) is 21.8. The highest BCUT2D eigenvalue weighted by Crippen LogP contribution is 2.27. The molecule has 0 aliphatic carbocycles. The van der Waals surface area contributed by atoms with Crippen molar-refractivity contribution in [3.63, 3.8) is 0 Å². The Hall–Kier alpha value is -2.14. The summed E-state index contributed by atoms with van der Waals surface area (Å²) in [6.07, 6.45) is 2.84. The van der Waals surface area contributed by atoms with Gasteiger partial charge >= 0.3 is 0 Å². The molecule has 1 aromatic carbocycles. The largest absolute Gasteiger partial charge is 0.441 e. The van der Waals surface area contributed by atoms with Gasteiger partial charge in [0.1, 0.15) is 11.5 Å². The average molecular weight is 325 g/mol. The Balaban J connectivity index is 1.52. The molecule has 0 radical (unpaired) electrons. The summed E-state index contributed by atoms with van der Waals surface area (Å²) in [5, 5.41) is 0. The Kier molecular flexibility index (Phi) is 4.10. The van der Waals surface area contributed by atoms with E-state index in [9.17, 15) is 4.79 Å². The van der Waals surface area contributed by atoms with Crippen LogP contribution in [0, 0.1) is 0 Å². The van der Waals surface area contributed by atoms with E-state index in [-0.39, 0.29) is 11.9 Å². The van der Waals surface area contributed by atoms with Crippen LogP contribution < -0.4 is 0 Å². The molecule has 0 unspecified atom stereocenters. The first kappa shape index (κ1) is 15.4. The molecule has 0 N–H and O–H groups in total. The maximum atomic E-state index is 12.9. The van der Waals surface area contributed by atoms with Gasteiger partial charge in [0.15, 0.2) is 0 Å². The number of nitrogens with zero attached hydrogens (tertiary/aromatic N) is 3. The Morgan fingerprint density at radius 3 is 2.92 bits per heavy atom. The molecule has 3 heterocycles. The third-order valence-electron chi connectivity index (χ3n) is 5.11. The molecule has 1 fully saturated rings. The Morgan fingerprint density at radius 1 is 1.29 bits per heavy atom. The fourth-order valence-corrected chi connectivity index (χ4v) is 3.79. The van der Waals surface area contributed by atoms with Crippen LogP contribution in [0.4, 0.5) is 0 Å². The van der Waals surface area contributed by atoms with Gasteiger partial charge in [-0.1, -0.05) is 25.1 Å². The van der Waals surface area contributed by atoms with Crippen molar-refractivity contribution in [3.05, 3.63) is 41.8 Å². The van der Waals surface area contributed by atoms with Crippen molar-refractivity contribution in [2.45, 2.75) is 38.8 Å². The van der Waals surface area contributed by atoms with E-state index in [2.05, 4.69) is 16.8 Å². The number of carbonyl (C=O) groups is 1. The van der Waals surface area contributed by atoms with Gasteiger partial charge in [0.05, 0.1) is 12.6 Å². The van der Waals surface area contributed by atoms with Crippen LogP contribution in [0.1, 0.15) is 31.2 Å². The van der Waals surface area contributed by atoms with Crippen molar-refractivity contribution < 1.29 is 9.21 Å². The van der Waals surface area contributed by atoms with Crippen LogP contribution in [-0.2, 0) is 17.8 Å². The van der Waals surface area contributed by atoms with Gasteiger partial charge in [-0.25, -0.2) is 4.98 Å². The number of likely N-dealkylation sites (N-methyl/N-ethyl adjacent to an activating group) is 1. The second-order valence-corrected chi connectivity index (χ2v) is 6.55. The summed E-state index contributed by atoms with van der Waals surface area (Å²) in [5.41, 5.74) is 1.90. The third kappa shape index (κ3) is 2.73. The third-order valence-corrected chi connectivity index (χ3v) is 5.11. The van der Waals surface area contributed by atoms with Crippen molar-refractivity contribution >= 4 is 5.91 Å². The molecule has 2 aliphatic heterocycles. The Bertz CT molecular complexity index is 725. The SMILES string of the molecule is CCN1CCC[C@H]1C(=O)N1CCc2oc(-c3ccccc3)nc2C1. The van der Waals surface area contributed by atoms with Crippen LogP contribution in [0.5, 0.6) is 0 Å². The zero-order valence-corrected chi connectivity index (χ0v) is 14.1. The van der Waals surface area contributed by atoms with Gasteiger partial charge in [-0.3, -0.25) is 9.69 Å². The van der Waals surface area contributed by atoms with Crippen LogP contribution in [0.3, 0.4) is 0 Å². The van der Waals surface area contributed by atoms with Crippen LogP contribution in [0.15, 0.2) is 34.7 Å². The van der Waals surface area contributed by atoms with Gasteiger partial charge in [0.2, 0.25) is 11.8 Å².